The van der Waals surface area contributed by atoms with Gasteiger partial charge in [-0.25, -0.2) is 4.98 Å². The van der Waals surface area contributed by atoms with Crippen LogP contribution in [0.5, 0.6) is 0 Å². The van der Waals surface area contributed by atoms with Crippen molar-refractivity contribution in [1.82, 2.24) is 30.1 Å². The Bertz CT molecular complexity index is 1210. The zero-order chi connectivity index (χ0) is 23.4. The van der Waals surface area contributed by atoms with E-state index in [0.29, 0.717) is 23.5 Å². The molecule has 0 aliphatic carbocycles. The van der Waals surface area contributed by atoms with Gasteiger partial charge in [-0.3, -0.25) is 4.98 Å². The van der Waals surface area contributed by atoms with E-state index >= 15 is 0 Å². The maximum absolute atomic E-state index is 12.3. The van der Waals surface area contributed by atoms with E-state index in [1.165, 1.54) is 19.2 Å². The molecule has 0 radical (unpaired) electrons. The van der Waals surface area contributed by atoms with Gasteiger partial charge in [0.2, 0.25) is 17.6 Å². The minimum Gasteiger partial charge on any atom is -0.368 e. The van der Waals surface area contributed by atoms with Crippen LogP contribution in [0.1, 0.15) is 30.1 Å². The Morgan fingerprint density at radius 2 is 1.79 bits per heavy atom. The summed E-state index contributed by atoms with van der Waals surface area (Å²) in [6, 6.07) is 12.7. The number of nitrogen functional groups attached to an aromatic ring is 1. The van der Waals surface area contributed by atoms with Crippen LogP contribution in [-0.4, -0.2) is 42.9 Å². The lowest BCUT2D eigenvalue weighted by Crippen LogP contribution is -2.18. The van der Waals surface area contributed by atoms with Crippen molar-refractivity contribution in [3.8, 4) is 23.1 Å². The number of hydrogen-bond acceptors (Lipinski definition) is 9. The van der Waals surface area contributed by atoms with Gasteiger partial charge in [-0.2, -0.15) is 28.1 Å². The number of pyridine rings is 1. The van der Waals surface area contributed by atoms with Gasteiger partial charge in [-0.05, 0) is 24.6 Å². The molecule has 0 amide bonds. The van der Waals surface area contributed by atoms with Crippen LogP contribution >= 0.6 is 0 Å². The molecule has 4 rings (SSSR count). The highest BCUT2D eigenvalue weighted by Crippen LogP contribution is 2.24. The molecular weight excluding hydrogens is 439 g/mol. The topological polar surface area (TPSA) is 126 Å². The van der Waals surface area contributed by atoms with Gasteiger partial charge in [0.1, 0.15) is 12.4 Å². The molecule has 33 heavy (non-hydrogen) atoms. The van der Waals surface area contributed by atoms with Crippen molar-refractivity contribution in [2.75, 3.05) is 12.3 Å². The van der Waals surface area contributed by atoms with Gasteiger partial charge in [0, 0.05) is 12.6 Å². The summed E-state index contributed by atoms with van der Waals surface area (Å²) in [4.78, 5) is 21.0. The van der Waals surface area contributed by atoms with Crippen molar-refractivity contribution in [2.45, 2.75) is 25.6 Å². The zero-order valence-corrected chi connectivity index (χ0v) is 17.3. The summed E-state index contributed by atoms with van der Waals surface area (Å²) in [5, 5.41) is 3.89. The number of rotatable bonds is 7. The Morgan fingerprint density at radius 3 is 2.48 bits per heavy atom. The summed E-state index contributed by atoms with van der Waals surface area (Å²) in [7, 11) is 0. The average Bonchev–Trinajstić information content (AvgIpc) is 3.28. The largest absolute Gasteiger partial charge is 0.411 e. The molecule has 0 aliphatic rings. The molecule has 0 aliphatic heterocycles. The van der Waals surface area contributed by atoms with Crippen LogP contribution < -0.4 is 5.73 Å². The van der Waals surface area contributed by atoms with E-state index in [1.807, 2.05) is 30.3 Å². The van der Waals surface area contributed by atoms with E-state index in [-0.39, 0.29) is 23.5 Å². The van der Waals surface area contributed by atoms with E-state index in [0.717, 1.165) is 5.56 Å². The fourth-order valence-electron chi connectivity index (χ4n) is 2.90. The van der Waals surface area contributed by atoms with Gasteiger partial charge in [0.05, 0.1) is 17.4 Å². The normalized spacial score (nSPS) is 12.6. The van der Waals surface area contributed by atoms with Crippen molar-refractivity contribution in [1.29, 1.82) is 0 Å². The molecule has 0 spiro atoms. The molecule has 170 valence electrons. The summed E-state index contributed by atoms with van der Waals surface area (Å²) in [5.41, 5.74) is 7.62. The van der Waals surface area contributed by atoms with Crippen molar-refractivity contribution in [3.63, 3.8) is 0 Å². The van der Waals surface area contributed by atoms with Gasteiger partial charge >= 0.3 is 6.18 Å². The molecule has 1 unspecified atom stereocenters. The Hall–Kier alpha value is -3.93. The number of benzene rings is 1. The second kappa shape index (κ2) is 9.28. The first kappa shape index (κ1) is 22.3. The first-order valence-corrected chi connectivity index (χ1v) is 9.80. The van der Waals surface area contributed by atoms with Gasteiger partial charge in [0.15, 0.2) is 0 Å². The molecule has 0 saturated heterocycles. The van der Waals surface area contributed by atoms with Gasteiger partial charge < -0.3 is 15.0 Å². The van der Waals surface area contributed by atoms with Crippen molar-refractivity contribution in [2.24, 2.45) is 0 Å². The van der Waals surface area contributed by atoms with E-state index in [2.05, 4.69) is 30.1 Å². The number of hydrogen-bond donors (Lipinski definition) is 1. The Balaban J connectivity index is 1.50. The summed E-state index contributed by atoms with van der Waals surface area (Å²) >= 11 is 0. The summed E-state index contributed by atoms with van der Waals surface area (Å²) in [5.74, 6) is 0.878. The molecule has 4 aromatic rings. The van der Waals surface area contributed by atoms with Crippen molar-refractivity contribution >= 4 is 5.95 Å². The number of nitrogens with zero attached hydrogens (tertiary/aromatic N) is 6. The van der Waals surface area contributed by atoms with Crippen LogP contribution in [0.4, 0.5) is 19.1 Å². The minimum absolute atomic E-state index is 0.0242. The van der Waals surface area contributed by atoms with E-state index in [4.69, 9.17) is 15.0 Å². The average molecular weight is 457 g/mol. The highest BCUT2D eigenvalue weighted by Gasteiger charge is 2.29. The van der Waals surface area contributed by atoms with Crippen molar-refractivity contribution in [3.05, 3.63) is 65.7 Å². The maximum atomic E-state index is 12.3. The summed E-state index contributed by atoms with van der Waals surface area (Å²) in [6.07, 6.45) is -3.39. The lowest BCUT2D eigenvalue weighted by molar-refractivity contribution is -0.184. The van der Waals surface area contributed by atoms with Gasteiger partial charge in [-0.1, -0.05) is 35.5 Å². The fraction of sp³-hybridized carbons (Fsp3) is 0.238. The van der Waals surface area contributed by atoms with Crippen LogP contribution in [0.15, 0.2) is 53.2 Å². The fourth-order valence-corrected chi connectivity index (χ4v) is 2.90. The highest BCUT2D eigenvalue weighted by molar-refractivity contribution is 5.55. The third-order valence-electron chi connectivity index (χ3n) is 4.48. The molecular formula is C21H18F3N7O2. The maximum Gasteiger partial charge on any atom is 0.411 e. The second-order valence-corrected chi connectivity index (χ2v) is 7.06. The standard InChI is InChI=1S/C21H18F3N7O2/c1-12(32-11-21(22,23)24)15-8-7-14(10-26-15)19-29-18(31-33-19)17-27-16(28-20(25)30-17)9-13-5-3-2-4-6-13/h2-8,10,12H,9,11H2,1H3,(H2,25,27,28,30). The second-order valence-electron chi connectivity index (χ2n) is 7.06. The molecule has 12 heteroatoms. The molecule has 1 aromatic carbocycles. The van der Waals surface area contributed by atoms with Crippen LogP contribution in [0.3, 0.4) is 0 Å². The SMILES string of the molecule is CC(OCC(F)(F)F)c1ccc(-c2nc(-c3nc(N)nc(Cc4ccccc4)n3)no2)cn1. The van der Waals surface area contributed by atoms with Crippen LogP contribution in [-0.2, 0) is 11.2 Å². The molecule has 3 heterocycles. The quantitative estimate of drug-likeness (QED) is 0.441. The number of aromatic nitrogens is 6. The number of halogens is 3. The predicted octanol–water partition coefficient (Wildman–Crippen LogP) is 3.80. The van der Waals surface area contributed by atoms with E-state index in [9.17, 15) is 13.2 Å². The number of nitrogens with two attached hydrogens (primary N) is 1. The zero-order valence-electron chi connectivity index (χ0n) is 17.3. The Morgan fingerprint density at radius 1 is 1.00 bits per heavy atom. The van der Waals surface area contributed by atoms with Crippen molar-refractivity contribution < 1.29 is 22.4 Å². The van der Waals surface area contributed by atoms with Crippen LogP contribution in [0, 0.1) is 0 Å². The predicted molar refractivity (Wildman–Crippen MR) is 110 cm³/mol. The summed E-state index contributed by atoms with van der Waals surface area (Å²) in [6.45, 7) is 0.128. The Labute approximate surface area is 185 Å². The smallest absolute Gasteiger partial charge is 0.368 e. The number of anilines is 1. The molecule has 1 atom stereocenters. The van der Waals surface area contributed by atoms with E-state index in [1.54, 1.807) is 6.07 Å². The molecule has 2 N–H and O–H groups in total. The lowest BCUT2D eigenvalue weighted by atomic mass is 10.1. The highest BCUT2D eigenvalue weighted by atomic mass is 19.4. The Kier molecular flexibility index (Phi) is 6.27. The molecule has 3 aromatic heterocycles. The van der Waals surface area contributed by atoms with Gasteiger partial charge in [0.25, 0.3) is 5.89 Å². The first-order chi connectivity index (χ1) is 15.8. The molecule has 0 bridgehead atoms. The lowest BCUT2D eigenvalue weighted by Gasteiger charge is -2.14. The molecule has 0 fully saturated rings. The number of ether oxygens (including phenoxy) is 1. The first-order valence-electron chi connectivity index (χ1n) is 9.80. The minimum atomic E-state index is -4.41. The molecule has 9 nitrogen and oxygen atoms in total. The number of alkyl halides is 3. The summed E-state index contributed by atoms with van der Waals surface area (Å²) < 4.78 is 47.0. The monoisotopic (exact) mass is 457 g/mol. The third-order valence-corrected chi connectivity index (χ3v) is 4.48. The van der Waals surface area contributed by atoms with Crippen LogP contribution in [0.2, 0.25) is 0 Å². The van der Waals surface area contributed by atoms with E-state index < -0.39 is 18.9 Å². The van der Waals surface area contributed by atoms with Crippen LogP contribution in [0.25, 0.3) is 23.1 Å². The van der Waals surface area contributed by atoms with Gasteiger partial charge in [-0.15, -0.1) is 0 Å². The third kappa shape index (κ3) is 5.86. The molecule has 0 saturated carbocycles.